The smallest absolute Gasteiger partial charge is 0.331 e. The summed E-state index contributed by atoms with van der Waals surface area (Å²) in [5.41, 5.74) is -0.148. The fraction of sp³-hybridized carbons (Fsp3) is 0.500. The summed E-state index contributed by atoms with van der Waals surface area (Å²) in [5, 5.41) is 3.17. The molecule has 0 unspecified atom stereocenters. The summed E-state index contributed by atoms with van der Waals surface area (Å²) in [5.74, 6) is -0.609. The number of nitrogens with zero attached hydrogens (tertiary/aromatic N) is 1. The van der Waals surface area contributed by atoms with E-state index in [-0.39, 0.29) is 11.8 Å². The summed E-state index contributed by atoms with van der Waals surface area (Å²) in [6.45, 7) is 1.61. The summed E-state index contributed by atoms with van der Waals surface area (Å²) in [6.07, 6.45) is 1.29. The lowest BCUT2D eigenvalue weighted by Crippen LogP contribution is -2.54. The first-order valence-electron chi connectivity index (χ1n) is 6.36. The van der Waals surface area contributed by atoms with Crippen LogP contribution in [0.2, 0.25) is 0 Å². The summed E-state index contributed by atoms with van der Waals surface area (Å²) in [6, 6.07) is 6.15. The molecular weight excluding hydrogens is 247 g/mol. The van der Waals surface area contributed by atoms with Gasteiger partial charge in [-0.05, 0) is 38.1 Å². The monoisotopic (exact) mass is 266 g/mol. The first-order valence-corrected chi connectivity index (χ1v) is 6.36. The van der Waals surface area contributed by atoms with Crippen molar-refractivity contribution in [1.82, 2.24) is 4.90 Å². The largest absolute Gasteiger partial charge is 0.467 e. The van der Waals surface area contributed by atoms with Crippen LogP contribution >= 0.6 is 0 Å². The van der Waals surface area contributed by atoms with Crippen molar-refractivity contribution in [3.8, 4) is 0 Å². The van der Waals surface area contributed by atoms with Gasteiger partial charge in [0.2, 0.25) is 0 Å². The van der Waals surface area contributed by atoms with Crippen LogP contribution in [0.1, 0.15) is 12.8 Å². The third-order valence-corrected chi connectivity index (χ3v) is 3.62. The Morgan fingerprint density at radius 2 is 2.11 bits per heavy atom. The molecule has 1 saturated heterocycles. The predicted molar refractivity (Wildman–Crippen MR) is 71.5 cm³/mol. The minimum atomic E-state index is -0.755. The van der Waals surface area contributed by atoms with Crippen LogP contribution in [0.3, 0.4) is 0 Å². The molecule has 104 valence electrons. The Labute approximate surface area is 112 Å². The van der Waals surface area contributed by atoms with E-state index in [4.69, 9.17) is 4.74 Å². The maximum absolute atomic E-state index is 13.2. The average molecular weight is 266 g/mol. The van der Waals surface area contributed by atoms with Crippen molar-refractivity contribution >= 4 is 11.7 Å². The predicted octanol–water partition coefficient (Wildman–Crippen LogP) is 1.87. The number of anilines is 1. The molecule has 0 radical (unpaired) electrons. The molecule has 0 amide bonds. The fourth-order valence-electron chi connectivity index (χ4n) is 2.42. The minimum Gasteiger partial charge on any atom is -0.467 e. The van der Waals surface area contributed by atoms with Gasteiger partial charge in [0.05, 0.1) is 7.11 Å². The van der Waals surface area contributed by atoms with Crippen molar-refractivity contribution in [2.75, 3.05) is 32.6 Å². The van der Waals surface area contributed by atoms with E-state index < -0.39 is 5.54 Å². The zero-order valence-corrected chi connectivity index (χ0v) is 11.3. The molecule has 1 aromatic carbocycles. The molecule has 0 aromatic heterocycles. The SMILES string of the molecule is COC(=O)C1(Nc2cccc(F)c2)CCN(C)CC1. The Hall–Kier alpha value is -1.62. The second-order valence-electron chi connectivity index (χ2n) is 5.01. The normalized spacial score (nSPS) is 18.9. The maximum Gasteiger partial charge on any atom is 0.331 e. The summed E-state index contributed by atoms with van der Waals surface area (Å²) >= 11 is 0. The first kappa shape index (κ1) is 13.8. The van der Waals surface area contributed by atoms with E-state index in [2.05, 4.69) is 10.2 Å². The van der Waals surface area contributed by atoms with E-state index in [1.54, 1.807) is 12.1 Å². The Balaban J connectivity index is 2.21. The number of halogens is 1. The molecule has 0 spiro atoms. The Morgan fingerprint density at radius 1 is 1.42 bits per heavy atom. The van der Waals surface area contributed by atoms with Gasteiger partial charge in [-0.3, -0.25) is 0 Å². The lowest BCUT2D eigenvalue weighted by atomic mass is 9.87. The van der Waals surface area contributed by atoms with Crippen molar-refractivity contribution < 1.29 is 13.9 Å². The van der Waals surface area contributed by atoms with Gasteiger partial charge in [-0.2, -0.15) is 0 Å². The highest BCUT2D eigenvalue weighted by atomic mass is 19.1. The third-order valence-electron chi connectivity index (χ3n) is 3.62. The number of hydrogen-bond acceptors (Lipinski definition) is 4. The van der Waals surface area contributed by atoms with E-state index in [0.717, 1.165) is 13.1 Å². The van der Waals surface area contributed by atoms with Crippen LogP contribution in [0.15, 0.2) is 24.3 Å². The molecule has 0 atom stereocenters. The maximum atomic E-state index is 13.2. The minimum absolute atomic E-state index is 0.287. The highest BCUT2D eigenvalue weighted by Gasteiger charge is 2.41. The summed E-state index contributed by atoms with van der Waals surface area (Å²) < 4.78 is 18.1. The number of rotatable bonds is 3. The summed E-state index contributed by atoms with van der Waals surface area (Å²) in [7, 11) is 3.40. The molecule has 1 heterocycles. The molecule has 1 aromatic rings. The van der Waals surface area contributed by atoms with E-state index in [0.29, 0.717) is 18.5 Å². The van der Waals surface area contributed by atoms with Crippen LogP contribution in [0.25, 0.3) is 0 Å². The molecule has 0 saturated carbocycles. The number of esters is 1. The van der Waals surface area contributed by atoms with Gasteiger partial charge < -0.3 is 15.0 Å². The van der Waals surface area contributed by atoms with Crippen molar-refractivity contribution in [1.29, 1.82) is 0 Å². The number of ether oxygens (including phenoxy) is 1. The average Bonchev–Trinajstić information content (AvgIpc) is 2.41. The zero-order valence-electron chi connectivity index (χ0n) is 11.3. The Kier molecular flexibility index (Phi) is 4.04. The van der Waals surface area contributed by atoms with Crippen LogP contribution in [-0.4, -0.2) is 43.7 Å². The van der Waals surface area contributed by atoms with Gasteiger partial charge in [-0.1, -0.05) is 6.07 Å². The van der Waals surface area contributed by atoms with Crippen LogP contribution < -0.4 is 5.32 Å². The van der Waals surface area contributed by atoms with E-state index in [9.17, 15) is 9.18 Å². The topological polar surface area (TPSA) is 41.6 Å². The zero-order chi connectivity index (χ0) is 13.9. The molecule has 0 bridgehead atoms. The van der Waals surface area contributed by atoms with E-state index in [1.807, 2.05) is 7.05 Å². The van der Waals surface area contributed by atoms with Crippen LogP contribution in [0.5, 0.6) is 0 Å². The van der Waals surface area contributed by atoms with Gasteiger partial charge in [-0.15, -0.1) is 0 Å². The number of hydrogen-bond donors (Lipinski definition) is 1. The highest BCUT2D eigenvalue weighted by Crippen LogP contribution is 2.28. The number of carbonyl (C=O) groups is 1. The van der Waals surface area contributed by atoms with Crippen LogP contribution in [0.4, 0.5) is 10.1 Å². The van der Waals surface area contributed by atoms with Gasteiger partial charge in [0.15, 0.2) is 0 Å². The first-order chi connectivity index (χ1) is 9.05. The molecule has 1 N–H and O–H groups in total. The number of benzene rings is 1. The Bertz CT molecular complexity index is 457. The van der Waals surface area contributed by atoms with E-state index in [1.165, 1.54) is 19.2 Å². The third kappa shape index (κ3) is 3.04. The molecule has 1 fully saturated rings. The lowest BCUT2D eigenvalue weighted by molar-refractivity contribution is -0.147. The fourth-order valence-corrected chi connectivity index (χ4v) is 2.42. The highest BCUT2D eigenvalue weighted by molar-refractivity contribution is 5.84. The molecule has 1 aliphatic rings. The van der Waals surface area contributed by atoms with Gasteiger partial charge in [0.1, 0.15) is 11.4 Å². The van der Waals surface area contributed by atoms with Crippen molar-refractivity contribution in [2.45, 2.75) is 18.4 Å². The number of piperidine rings is 1. The Morgan fingerprint density at radius 3 is 2.68 bits per heavy atom. The van der Waals surface area contributed by atoms with E-state index >= 15 is 0 Å². The second kappa shape index (κ2) is 5.57. The number of carbonyl (C=O) groups excluding carboxylic acids is 1. The van der Waals surface area contributed by atoms with Gasteiger partial charge >= 0.3 is 5.97 Å². The molecule has 0 aliphatic carbocycles. The molecule has 2 rings (SSSR count). The molecule has 4 nitrogen and oxygen atoms in total. The van der Waals surface area contributed by atoms with Gasteiger partial charge in [-0.25, -0.2) is 9.18 Å². The molecule has 19 heavy (non-hydrogen) atoms. The lowest BCUT2D eigenvalue weighted by Gasteiger charge is -2.39. The van der Waals surface area contributed by atoms with Gasteiger partial charge in [0.25, 0.3) is 0 Å². The van der Waals surface area contributed by atoms with Crippen LogP contribution in [0, 0.1) is 5.82 Å². The second-order valence-corrected chi connectivity index (χ2v) is 5.01. The number of nitrogens with one attached hydrogen (secondary N) is 1. The standard InChI is InChI=1S/C14H19FN2O2/c1-17-8-6-14(7-9-17,13(18)19-2)16-12-5-3-4-11(15)10-12/h3-5,10,16H,6-9H2,1-2H3. The number of methoxy groups -OCH3 is 1. The molecule has 1 aliphatic heterocycles. The van der Waals surface area contributed by atoms with Gasteiger partial charge in [0, 0.05) is 18.8 Å². The van der Waals surface area contributed by atoms with Crippen LogP contribution in [-0.2, 0) is 9.53 Å². The quantitative estimate of drug-likeness (QED) is 0.848. The van der Waals surface area contributed by atoms with Crippen molar-refractivity contribution in [3.63, 3.8) is 0 Å². The molecule has 5 heteroatoms. The van der Waals surface area contributed by atoms with Crippen molar-refractivity contribution in [3.05, 3.63) is 30.1 Å². The number of likely N-dealkylation sites (tertiary alicyclic amines) is 1. The van der Waals surface area contributed by atoms with Crippen molar-refractivity contribution in [2.24, 2.45) is 0 Å². The molecular formula is C14H19FN2O2. The summed E-state index contributed by atoms with van der Waals surface area (Å²) in [4.78, 5) is 14.2.